The molecule has 13 heteroatoms. The summed E-state index contributed by atoms with van der Waals surface area (Å²) >= 11 is 0. The smallest absolute Gasteiger partial charge is 0.405 e. The van der Waals surface area contributed by atoms with Crippen LogP contribution in [0.2, 0.25) is 36.3 Å². The molecule has 0 bridgehead atoms. The average Bonchev–Trinajstić information content (AvgIpc) is 3.34. The number of hydrogen-bond acceptors (Lipinski definition) is 3. The molecule has 5 aromatic carbocycles. The average molecular weight is 1030 g/mol. The van der Waals surface area contributed by atoms with Gasteiger partial charge in [-0.2, -0.15) is 0 Å². The summed E-state index contributed by atoms with van der Waals surface area (Å²) in [6.07, 6.45) is 3.43. The molecule has 0 N–H and O–H groups in total. The fraction of sp³-hybridized carbons (Fsp3) is 0.464. The molecule has 0 spiro atoms. The molecule has 0 amide bonds. The molecule has 0 saturated heterocycles. The molecule has 0 saturated carbocycles. The number of para-hydroxylation sites is 3. The molecule has 3 nitrogen and oxygen atoms in total. The summed E-state index contributed by atoms with van der Waals surface area (Å²) in [6, 6.07) is 46.3. The van der Waals surface area contributed by atoms with Gasteiger partial charge in [-0.3, -0.25) is 0 Å². The Balaban J connectivity index is 1.88. The zero-order chi connectivity index (χ0) is 49.9. The van der Waals surface area contributed by atoms with Crippen LogP contribution in [0.15, 0.2) is 127 Å². The van der Waals surface area contributed by atoms with Gasteiger partial charge < -0.3 is 13.9 Å². The third-order valence-electron chi connectivity index (χ3n) is 13.5. The monoisotopic (exact) mass is 1030 g/mol. The van der Waals surface area contributed by atoms with Crippen LogP contribution >= 0.6 is 16.1 Å². The molecule has 2 unspecified atom stereocenters. The van der Waals surface area contributed by atoms with Crippen LogP contribution < -0.4 is 45.5 Å². The van der Waals surface area contributed by atoms with E-state index in [0.29, 0.717) is 16.3 Å². The van der Waals surface area contributed by atoms with Gasteiger partial charge in [-0.1, -0.05) is 256 Å². The Bertz CT molecular complexity index is 2060. The van der Waals surface area contributed by atoms with E-state index in [9.17, 15) is 26.3 Å². The number of hydrogen-bond donors (Lipinski definition) is 0. The molecule has 376 valence electrons. The van der Waals surface area contributed by atoms with Gasteiger partial charge in [0.05, 0.1) is 32.3 Å². The standard InChI is InChI=1S/C56H75F6NO2P2Si2/c1-7-13-40-68(41-14-8-2,42-15-9-3)49-36-32-47(33-37-49)66(53-30-24-22-28-51(53)64-55(57,58)59)63(46-26-20-19-21-27-46)67(54-31-25-23-29-52(54)65-56(60,61)62)48-34-38-50(39-35-48)69(43-16-10-4,44-17-11-5)45-18-12-6/h19-39H,7-18,40-45H2,1-6H3. The maximum atomic E-state index is 14.5. The minimum Gasteiger partial charge on any atom is -0.405 e. The second-order valence-electron chi connectivity index (χ2n) is 18.6. The fourth-order valence-electron chi connectivity index (χ4n) is 9.89. The number of halogens is 6. The Kier molecular flexibility index (Phi) is 22.2. The molecule has 5 aromatic rings. The molecule has 0 radical (unpaired) electrons. The van der Waals surface area contributed by atoms with Crippen molar-refractivity contribution in [2.45, 2.75) is 168 Å². The zero-order valence-electron chi connectivity index (χ0n) is 41.8. The van der Waals surface area contributed by atoms with Gasteiger partial charge in [-0.15, -0.1) is 26.3 Å². The first-order valence-corrected chi connectivity index (χ1v) is 33.4. The minimum absolute atomic E-state index is 0.302. The van der Waals surface area contributed by atoms with Crippen LogP contribution in [0.4, 0.5) is 32.0 Å². The van der Waals surface area contributed by atoms with Crippen LogP contribution in [0.1, 0.15) is 119 Å². The first-order valence-electron chi connectivity index (χ1n) is 25.5. The molecule has 2 atom stereocenters. The summed E-state index contributed by atoms with van der Waals surface area (Å²) < 4.78 is 99.1. The number of anilines is 1. The van der Waals surface area contributed by atoms with Crippen LogP contribution in [0.5, 0.6) is 11.5 Å². The third kappa shape index (κ3) is 15.7. The van der Waals surface area contributed by atoms with E-state index in [1.165, 1.54) is 70.9 Å². The Morgan fingerprint density at radius 3 is 0.971 bits per heavy atom. The number of unbranched alkanes of at least 4 members (excludes halogenated alkanes) is 6. The summed E-state index contributed by atoms with van der Waals surface area (Å²) in [6.45, 7) is 13.4. The molecule has 0 aliphatic heterocycles. The number of nitrogens with zero attached hydrogens (tertiary/aromatic N) is 1. The maximum Gasteiger partial charge on any atom is 0.573 e. The van der Waals surface area contributed by atoms with Crippen molar-refractivity contribution in [2.75, 3.05) is 4.44 Å². The van der Waals surface area contributed by atoms with Crippen LogP contribution in [0.25, 0.3) is 0 Å². The van der Waals surface area contributed by atoms with E-state index in [1.54, 1.807) is 24.3 Å². The van der Waals surface area contributed by atoms with Gasteiger partial charge >= 0.3 is 12.7 Å². The van der Waals surface area contributed by atoms with E-state index >= 15 is 0 Å². The van der Waals surface area contributed by atoms with Crippen LogP contribution in [-0.4, -0.2) is 28.9 Å². The predicted octanol–water partition coefficient (Wildman–Crippen LogP) is 16.5. The van der Waals surface area contributed by atoms with E-state index in [2.05, 4.69) is 94.5 Å². The molecule has 0 aliphatic rings. The summed E-state index contributed by atoms with van der Waals surface area (Å²) in [4.78, 5) is 0. The lowest BCUT2D eigenvalue weighted by Crippen LogP contribution is -2.48. The lowest BCUT2D eigenvalue weighted by Gasteiger charge is -2.42. The largest absolute Gasteiger partial charge is 0.573 e. The molecule has 0 aromatic heterocycles. The molecular formula is C56H75F6NO2P2Si2. The Morgan fingerprint density at radius 1 is 0.391 bits per heavy atom. The normalized spacial score (nSPS) is 13.3. The second-order valence-corrected chi connectivity index (χ2v) is 32.2. The van der Waals surface area contributed by atoms with Crippen molar-refractivity contribution in [3.05, 3.63) is 127 Å². The third-order valence-corrected chi connectivity index (χ3v) is 30.0. The summed E-state index contributed by atoms with van der Waals surface area (Å²) in [7, 11) is -8.03. The van der Waals surface area contributed by atoms with E-state index in [-0.39, 0.29) is 11.5 Å². The van der Waals surface area contributed by atoms with Crippen molar-refractivity contribution in [3.8, 4) is 11.5 Å². The zero-order valence-corrected chi connectivity index (χ0v) is 45.6. The number of benzene rings is 5. The Hall–Kier alpha value is -3.63. The predicted molar refractivity (Wildman–Crippen MR) is 289 cm³/mol. The first-order chi connectivity index (χ1) is 33.2. The molecule has 0 aliphatic carbocycles. The van der Waals surface area contributed by atoms with Crippen molar-refractivity contribution < 1.29 is 35.8 Å². The highest BCUT2D eigenvalue weighted by Crippen LogP contribution is 2.59. The van der Waals surface area contributed by atoms with E-state index < -0.39 is 45.0 Å². The number of alkyl halides is 6. The lowest BCUT2D eigenvalue weighted by atomic mass is 10.3. The number of rotatable bonds is 29. The van der Waals surface area contributed by atoms with Gasteiger partial charge in [-0.05, 0) is 36.4 Å². The minimum atomic E-state index is -5.00. The summed E-state index contributed by atoms with van der Waals surface area (Å²) in [5, 5.41) is 4.84. The molecule has 0 heterocycles. The SMILES string of the molecule is CCCC[Si](CCCC)(CCCC)c1ccc(P(c2ccccc2OC(F)(F)F)N(c2ccccc2)P(c2ccc([Si](CCCC)(CCCC)CCCC)cc2)c2ccccc2OC(F)(F)F)cc1. The van der Waals surface area contributed by atoms with Crippen molar-refractivity contribution in [3.63, 3.8) is 0 Å². The van der Waals surface area contributed by atoms with Gasteiger partial charge in [-0.25, -0.2) is 0 Å². The van der Waals surface area contributed by atoms with Gasteiger partial charge in [0, 0.05) is 26.9 Å². The Morgan fingerprint density at radius 2 is 0.681 bits per heavy atom. The van der Waals surface area contributed by atoms with Crippen molar-refractivity contribution in [1.82, 2.24) is 0 Å². The van der Waals surface area contributed by atoms with Crippen LogP contribution in [0, 0.1) is 0 Å². The van der Waals surface area contributed by atoms with Crippen molar-refractivity contribution >= 4 is 69.6 Å². The van der Waals surface area contributed by atoms with Crippen molar-refractivity contribution in [2.24, 2.45) is 0 Å². The van der Waals surface area contributed by atoms with Gasteiger partial charge in [0.1, 0.15) is 11.5 Å². The molecular weight excluding hydrogens is 951 g/mol. The summed E-state index contributed by atoms with van der Waals surface area (Å²) in [5.74, 6) is -0.690. The summed E-state index contributed by atoms with van der Waals surface area (Å²) in [5.41, 5.74) is 0.654. The van der Waals surface area contributed by atoms with Crippen LogP contribution in [0.3, 0.4) is 0 Å². The molecule has 69 heavy (non-hydrogen) atoms. The maximum absolute atomic E-state index is 14.5. The second kappa shape index (κ2) is 27.3. The lowest BCUT2D eigenvalue weighted by molar-refractivity contribution is -0.275. The number of ether oxygens (including phenoxy) is 2. The quantitative estimate of drug-likeness (QED) is 0.0271. The first kappa shape index (κ1) is 56.3. The van der Waals surface area contributed by atoms with E-state index in [0.717, 1.165) is 87.7 Å². The molecule has 0 fully saturated rings. The Labute approximate surface area is 414 Å². The highest BCUT2D eigenvalue weighted by atomic mass is 31.2. The van der Waals surface area contributed by atoms with Gasteiger partial charge in [0.25, 0.3) is 0 Å². The van der Waals surface area contributed by atoms with E-state index in [4.69, 9.17) is 9.47 Å². The molecule has 5 rings (SSSR count). The highest BCUT2D eigenvalue weighted by Gasteiger charge is 2.41. The highest BCUT2D eigenvalue weighted by molar-refractivity contribution is 7.91. The van der Waals surface area contributed by atoms with Crippen LogP contribution in [-0.2, 0) is 0 Å². The van der Waals surface area contributed by atoms with Gasteiger partial charge in [0.15, 0.2) is 0 Å². The van der Waals surface area contributed by atoms with Gasteiger partial charge in [0.2, 0.25) is 0 Å². The topological polar surface area (TPSA) is 21.7 Å². The van der Waals surface area contributed by atoms with E-state index in [1.807, 2.05) is 30.3 Å². The van der Waals surface area contributed by atoms with Crippen molar-refractivity contribution in [1.29, 1.82) is 0 Å². The fourth-order valence-corrected chi connectivity index (χ4v) is 27.1.